The maximum Gasteiger partial charge on any atom is 0.265 e. The molecule has 21 heavy (non-hydrogen) atoms. The largest absolute Gasteiger partial charge is 0.376 e. The summed E-state index contributed by atoms with van der Waals surface area (Å²) < 4.78 is 0. The van der Waals surface area contributed by atoms with Gasteiger partial charge in [-0.2, -0.15) is 5.26 Å². The molecule has 1 saturated heterocycles. The monoisotopic (exact) mass is 289 g/mol. The first kappa shape index (κ1) is 15.9. The van der Waals surface area contributed by atoms with Gasteiger partial charge in [0.1, 0.15) is 11.6 Å². The number of likely N-dealkylation sites (tertiary alicyclic amines) is 1. The molecule has 2 aliphatic rings. The lowest BCUT2D eigenvalue weighted by atomic mass is 9.94. The Balaban J connectivity index is 1.99. The first-order valence-corrected chi connectivity index (χ1v) is 8.25. The van der Waals surface area contributed by atoms with E-state index < -0.39 is 0 Å². The van der Waals surface area contributed by atoms with E-state index in [1.165, 1.54) is 19.3 Å². The van der Waals surface area contributed by atoms with Crippen molar-refractivity contribution in [2.75, 3.05) is 20.1 Å². The predicted octanol–water partition coefficient (Wildman–Crippen LogP) is 2.92. The lowest BCUT2D eigenvalue weighted by Crippen LogP contribution is -2.39. The van der Waals surface area contributed by atoms with Crippen LogP contribution in [0.4, 0.5) is 0 Å². The molecule has 0 N–H and O–H groups in total. The molecule has 1 aliphatic heterocycles. The summed E-state index contributed by atoms with van der Waals surface area (Å²) in [7, 11) is 1.85. The van der Waals surface area contributed by atoms with Crippen LogP contribution in [0, 0.1) is 17.2 Å². The summed E-state index contributed by atoms with van der Waals surface area (Å²) in [4.78, 5) is 16.4. The zero-order chi connectivity index (χ0) is 15.2. The molecule has 2 fully saturated rings. The minimum atomic E-state index is -0.108. The second kappa shape index (κ2) is 7.49. The van der Waals surface area contributed by atoms with Crippen LogP contribution in [0.2, 0.25) is 0 Å². The highest BCUT2D eigenvalue weighted by molar-refractivity contribution is 5.97. The number of piperidine rings is 1. The van der Waals surface area contributed by atoms with Crippen LogP contribution in [0.1, 0.15) is 51.9 Å². The fourth-order valence-corrected chi connectivity index (χ4v) is 3.30. The summed E-state index contributed by atoms with van der Waals surface area (Å²) in [5.41, 5.74) is 0.289. The molecular weight excluding hydrogens is 262 g/mol. The zero-order valence-corrected chi connectivity index (χ0v) is 13.3. The highest BCUT2D eigenvalue weighted by atomic mass is 16.2. The van der Waals surface area contributed by atoms with Gasteiger partial charge in [0.2, 0.25) is 0 Å². The Morgan fingerprint density at radius 3 is 2.38 bits per heavy atom. The van der Waals surface area contributed by atoms with Gasteiger partial charge < -0.3 is 9.80 Å². The van der Waals surface area contributed by atoms with Crippen LogP contribution in [-0.4, -0.2) is 41.9 Å². The summed E-state index contributed by atoms with van der Waals surface area (Å²) in [6, 6.07) is 2.42. The number of carbonyl (C=O) groups excluding carboxylic acids is 1. The molecule has 0 bridgehead atoms. The Morgan fingerprint density at radius 2 is 1.81 bits per heavy atom. The van der Waals surface area contributed by atoms with Crippen LogP contribution in [-0.2, 0) is 4.79 Å². The van der Waals surface area contributed by atoms with Gasteiger partial charge in [0.05, 0.1) is 0 Å². The van der Waals surface area contributed by atoms with E-state index in [0.717, 1.165) is 44.7 Å². The lowest BCUT2D eigenvalue weighted by Gasteiger charge is -2.32. The van der Waals surface area contributed by atoms with E-state index >= 15 is 0 Å². The number of nitriles is 1. The number of likely N-dealkylation sites (N-methyl/N-ethyl adjacent to an activating group) is 1. The molecule has 1 saturated carbocycles. The molecule has 0 aromatic carbocycles. The maximum atomic E-state index is 12.5. The second-order valence-corrected chi connectivity index (χ2v) is 6.58. The lowest BCUT2D eigenvalue weighted by molar-refractivity contribution is -0.128. The van der Waals surface area contributed by atoms with Gasteiger partial charge in [0.15, 0.2) is 0 Å². The third-order valence-corrected chi connectivity index (χ3v) is 4.92. The highest BCUT2D eigenvalue weighted by Crippen LogP contribution is 2.23. The molecule has 4 heteroatoms. The molecule has 0 aromatic heterocycles. The Hall–Kier alpha value is -1.50. The number of hydrogen-bond donors (Lipinski definition) is 0. The average Bonchev–Trinajstić information content (AvgIpc) is 2.54. The first-order valence-electron chi connectivity index (χ1n) is 8.25. The summed E-state index contributed by atoms with van der Waals surface area (Å²) in [6.45, 7) is 4.16. The van der Waals surface area contributed by atoms with E-state index in [-0.39, 0.29) is 11.5 Å². The molecule has 0 unspecified atom stereocenters. The zero-order valence-electron chi connectivity index (χ0n) is 13.3. The van der Waals surface area contributed by atoms with Gasteiger partial charge in [-0.3, -0.25) is 4.79 Å². The molecule has 0 radical (unpaired) electrons. The van der Waals surface area contributed by atoms with E-state index in [1.54, 1.807) is 11.1 Å². The standard InChI is InChI=1S/C17H27N3O/c1-14-8-10-20(11-9-14)13-15(12-18)17(21)19(2)16-6-4-3-5-7-16/h13-14,16H,3-11H2,1-2H3/b15-13-. The quantitative estimate of drug-likeness (QED) is 0.593. The van der Waals surface area contributed by atoms with Crippen molar-refractivity contribution >= 4 is 5.91 Å². The van der Waals surface area contributed by atoms with Gasteiger partial charge in [0.25, 0.3) is 5.91 Å². The molecule has 1 heterocycles. The van der Waals surface area contributed by atoms with Crippen molar-refractivity contribution < 1.29 is 4.79 Å². The fraction of sp³-hybridized carbons (Fsp3) is 0.765. The van der Waals surface area contributed by atoms with Gasteiger partial charge in [0, 0.05) is 32.4 Å². The Morgan fingerprint density at radius 1 is 1.19 bits per heavy atom. The smallest absolute Gasteiger partial charge is 0.265 e. The first-order chi connectivity index (χ1) is 10.1. The number of hydrogen-bond acceptors (Lipinski definition) is 3. The van der Waals surface area contributed by atoms with Gasteiger partial charge in [-0.25, -0.2) is 0 Å². The number of carbonyl (C=O) groups is 1. The number of rotatable bonds is 3. The van der Waals surface area contributed by atoms with Crippen LogP contribution in [0.5, 0.6) is 0 Å². The molecule has 116 valence electrons. The van der Waals surface area contributed by atoms with E-state index in [1.807, 2.05) is 7.05 Å². The molecule has 0 atom stereocenters. The van der Waals surface area contributed by atoms with Crippen molar-refractivity contribution in [3.8, 4) is 6.07 Å². The van der Waals surface area contributed by atoms with Crippen LogP contribution < -0.4 is 0 Å². The number of amides is 1. The SMILES string of the molecule is CC1CCN(/C=C(/C#N)C(=O)N(C)C2CCCCC2)CC1. The third kappa shape index (κ3) is 4.23. The summed E-state index contributed by atoms with van der Waals surface area (Å²) in [6.07, 6.45) is 9.86. The number of nitrogens with zero attached hydrogens (tertiary/aromatic N) is 3. The topological polar surface area (TPSA) is 47.3 Å². The van der Waals surface area contributed by atoms with Crippen molar-refractivity contribution in [2.24, 2.45) is 5.92 Å². The Kier molecular flexibility index (Phi) is 5.67. The van der Waals surface area contributed by atoms with Gasteiger partial charge >= 0.3 is 0 Å². The Bertz CT molecular complexity index is 424. The summed E-state index contributed by atoms with van der Waals surface area (Å²) >= 11 is 0. The van der Waals surface area contributed by atoms with Crippen LogP contribution >= 0.6 is 0 Å². The fourth-order valence-electron chi connectivity index (χ4n) is 3.30. The molecule has 0 aromatic rings. The van der Waals surface area contributed by atoms with Crippen molar-refractivity contribution in [3.05, 3.63) is 11.8 Å². The predicted molar refractivity (Wildman–Crippen MR) is 83.3 cm³/mol. The third-order valence-electron chi connectivity index (χ3n) is 4.92. The minimum absolute atomic E-state index is 0.108. The van der Waals surface area contributed by atoms with E-state index in [2.05, 4.69) is 17.9 Å². The van der Waals surface area contributed by atoms with Crippen molar-refractivity contribution in [1.29, 1.82) is 5.26 Å². The maximum absolute atomic E-state index is 12.5. The molecule has 1 amide bonds. The van der Waals surface area contributed by atoms with Gasteiger partial charge in [-0.1, -0.05) is 26.2 Å². The normalized spacial score (nSPS) is 22.0. The molecule has 2 rings (SSSR count). The highest BCUT2D eigenvalue weighted by Gasteiger charge is 2.25. The average molecular weight is 289 g/mol. The van der Waals surface area contributed by atoms with Crippen molar-refractivity contribution in [1.82, 2.24) is 9.80 Å². The van der Waals surface area contributed by atoms with Crippen molar-refractivity contribution in [3.63, 3.8) is 0 Å². The Labute approximate surface area is 128 Å². The van der Waals surface area contributed by atoms with Gasteiger partial charge in [-0.15, -0.1) is 0 Å². The second-order valence-electron chi connectivity index (χ2n) is 6.58. The molecule has 1 aliphatic carbocycles. The summed E-state index contributed by atoms with van der Waals surface area (Å²) in [5.74, 6) is 0.642. The van der Waals surface area contributed by atoms with E-state index in [9.17, 15) is 10.1 Å². The van der Waals surface area contributed by atoms with Crippen molar-refractivity contribution in [2.45, 2.75) is 57.9 Å². The minimum Gasteiger partial charge on any atom is -0.376 e. The van der Waals surface area contributed by atoms with Crippen LogP contribution in [0.3, 0.4) is 0 Å². The molecule has 0 spiro atoms. The van der Waals surface area contributed by atoms with Crippen LogP contribution in [0.25, 0.3) is 0 Å². The van der Waals surface area contributed by atoms with Gasteiger partial charge in [-0.05, 0) is 31.6 Å². The van der Waals surface area contributed by atoms with E-state index in [4.69, 9.17) is 0 Å². The summed E-state index contributed by atoms with van der Waals surface area (Å²) in [5, 5.41) is 9.33. The van der Waals surface area contributed by atoms with Crippen LogP contribution in [0.15, 0.2) is 11.8 Å². The molecular formula is C17H27N3O. The van der Waals surface area contributed by atoms with E-state index in [0.29, 0.717) is 6.04 Å². The molecule has 4 nitrogen and oxygen atoms in total.